The van der Waals surface area contributed by atoms with Crippen molar-refractivity contribution in [3.63, 3.8) is 0 Å². The van der Waals surface area contributed by atoms with Crippen molar-refractivity contribution in [3.05, 3.63) is 51.4 Å². The molecule has 2 rings (SSSR count). The van der Waals surface area contributed by atoms with Crippen LogP contribution in [0.3, 0.4) is 0 Å². The van der Waals surface area contributed by atoms with Gasteiger partial charge >= 0.3 is 0 Å². The molecular weight excluding hydrogens is 309 g/mol. The van der Waals surface area contributed by atoms with Crippen molar-refractivity contribution in [2.45, 2.75) is 40.0 Å². The van der Waals surface area contributed by atoms with Crippen LogP contribution in [0.4, 0.5) is 0 Å². The third kappa shape index (κ3) is 4.67. The number of hydrogen-bond acceptors (Lipinski definition) is 3. The molecule has 0 saturated heterocycles. The minimum absolute atomic E-state index is 0.337. The zero-order valence-electron chi connectivity index (χ0n) is 12.4. The van der Waals surface area contributed by atoms with Gasteiger partial charge in [-0.15, -0.1) is 0 Å². The van der Waals surface area contributed by atoms with Crippen molar-refractivity contribution in [2.75, 3.05) is 0 Å². The van der Waals surface area contributed by atoms with Gasteiger partial charge in [0, 0.05) is 23.2 Å². The lowest BCUT2D eigenvalue weighted by atomic mass is 10.2. The fraction of sp³-hybridized carbons (Fsp3) is 0.375. The van der Waals surface area contributed by atoms with Crippen molar-refractivity contribution >= 4 is 23.2 Å². The predicted molar refractivity (Wildman–Crippen MR) is 86.2 cm³/mol. The maximum Gasteiger partial charge on any atom is 0.146 e. The van der Waals surface area contributed by atoms with Gasteiger partial charge in [-0.2, -0.15) is 0 Å². The summed E-state index contributed by atoms with van der Waals surface area (Å²) < 4.78 is 11.4. The number of aryl methyl sites for hydroxylation is 1. The highest BCUT2D eigenvalue weighted by Gasteiger charge is 2.09. The van der Waals surface area contributed by atoms with Crippen LogP contribution in [0.5, 0.6) is 5.75 Å². The van der Waals surface area contributed by atoms with E-state index in [-0.39, 0.29) is 0 Å². The molecule has 0 unspecified atom stereocenters. The lowest BCUT2D eigenvalue weighted by molar-refractivity contribution is 0.267. The molecule has 0 fully saturated rings. The van der Waals surface area contributed by atoms with E-state index in [1.807, 2.05) is 13.0 Å². The maximum atomic E-state index is 6.07. The molecule has 0 aliphatic carbocycles. The number of rotatable bonds is 6. The van der Waals surface area contributed by atoms with Crippen molar-refractivity contribution in [1.29, 1.82) is 0 Å². The molecule has 5 heteroatoms. The second-order valence-electron chi connectivity index (χ2n) is 5.19. The molecule has 1 aromatic carbocycles. The standard InChI is InChI=1S/C16H19Cl2NO2/c1-10(2)19-8-12-6-14(21-11(12)3)9-20-16-5-4-13(17)7-15(16)18/h4-7,10,19H,8-9H2,1-3H3. The molecule has 3 nitrogen and oxygen atoms in total. The number of hydrogen-bond donors (Lipinski definition) is 1. The first-order valence-electron chi connectivity index (χ1n) is 6.85. The summed E-state index contributed by atoms with van der Waals surface area (Å²) >= 11 is 11.9. The Morgan fingerprint density at radius 1 is 1.24 bits per heavy atom. The molecular formula is C16H19Cl2NO2. The van der Waals surface area contributed by atoms with Crippen molar-refractivity contribution < 1.29 is 9.15 Å². The van der Waals surface area contributed by atoms with Gasteiger partial charge in [-0.1, -0.05) is 37.0 Å². The molecule has 0 atom stereocenters. The van der Waals surface area contributed by atoms with Gasteiger partial charge < -0.3 is 14.5 Å². The molecule has 0 spiro atoms. The lowest BCUT2D eigenvalue weighted by Crippen LogP contribution is -2.21. The summed E-state index contributed by atoms with van der Waals surface area (Å²) in [4.78, 5) is 0. The summed E-state index contributed by atoms with van der Waals surface area (Å²) in [5.74, 6) is 2.28. The Kier molecular flexibility index (Phi) is 5.57. The van der Waals surface area contributed by atoms with E-state index in [4.69, 9.17) is 32.4 Å². The summed E-state index contributed by atoms with van der Waals surface area (Å²) in [5.41, 5.74) is 1.14. The second kappa shape index (κ2) is 7.21. The quantitative estimate of drug-likeness (QED) is 0.813. The van der Waals surface area contributed by atoms with Gasteiger partial charge in [0.1, 0.15) is 23.9 Å². The third-order valence-electron chi connectivity index (χ3n) is 3.04. The average Bonchev–Trinajstić information content (AvgIpc) is 2.76. The summed E-state index contributed by atoms with van der Waals surface area (Å²) in [6.07, 6.45) is 0. The first kappa shape index (κ1) is 16.2. The highest BCUT2D eigenvalue weighted by Crippen LogP contribution is 2.28. The van der Waals surface area contributed by atoms with E-state index < -0.39 is 0 Å². The molecule has 1 heterocycles. The van der Waals surface area contributed by atoms with E-state index in [0.29, 0.717) is 28.4 Å². The average molecular weight is 328 g/mol. The van der Waals surface area contributed by atoms with Crippen LogP contribution < -0.4 is 10.1 Å². The molecule has 0 amide bonds. The number of benzene rings is 1. The molecule has 1 N–H and O–H groups in total. The largest absolute Gasteiger partial charge is 0.484 e. The Morgan fingerprint density at radius 2 is 2.00 bits per heavy atom. The van der Waals surface area contributed by atoms with Crippen LogP contribution in [0.15, 0.2) is 28.7 Å². The number of halogens is 2. The van der Waals surface area contributed by atoms with Crippen LogP contribution in [-0.4, -0.2) is 6.04 Å². The maximum absolute atomic E-state index is 6.07. The van der Waals surface area contributed by atoms with E-state index in [1.165, 1.54) is 0 Å². The zero-order chi connectivity index (χ0) is 15.4. The summed E-state index contributed by atoms with van der Waals surface area (Å²) in [6.45, 7) is 7.30. The molecule has 0 bridgehead atoms. The molecule has 1 aromatic heterocycles. The SMILES string of the molecule is Cc1oc(COc2ccc(Cl)cc2Cl)cc1CNC(C)C. The van der Waals surface area contributed by atoms with Gasteiger partial charge in [-0.05, 0) is 31.2 Å². The first-order chi connectivity index (χ1) is 9.95. The molecule has 0 saturated carbocycles. The van der Waals surface area contributed by atoms with Gasteiger partial charge in [0.25, 0.3) is 0 Å². The molecule has 114 valence electrons. The monoisotopic (exact) mass is 327 g/mol. The Morgan fingerprint density at radius 3 is 2.67 bits per heavy atom. The minimum Gasteiger partial charge on any atom is -0.484 e. The molecule has 21 heavy (non-hydrogen) atoms. The van der Waals surface area contributed by atoms with Crippen molar-refractivity contribution in [1.82, 2.24) is 5.32 Å². The van der Waals surface area contributed by atoms with Crippen LogP contribution >= 0.6 is 23.2 Å². The predicted octanol–water partition coefficient (Wildman–Crippen LogP) is 4.97. The van der Waals surface area contributed by atoms with Gasteiger partial charge in [-0.25, -0.2) is 0 Å². The Balaban J connectivity index is 1.98. The number of furan rings is 1. The lowest BCUT2D eigenvalue weighted by Gasteiger charge is -2.06. The van der Waals surface area contributed by atoms with Crippen LogP contribution in [0.2, 0.25) is 10.0 Å². The highest BCUT2D eigenvalue weighted by atomic mass is 35.5. The first-order valence-corrected chi connectivity index (χ1v) is 7.60. The Hall–Kier alpha value is -1.16. The van der Waals surface area contributed by atoms with E-state index in [2.05, 4.69) is 19.2 Å². The zero-order valence-corrected chi connectivity index (χ0v) is 13.9. The smallest absolute Gasteiger partial charge is 0.146 e. The van der Waals surface area contributed by atoms with Crippen molar-refractivity contribution in [3.8, 4) is 5.75 Å². The van der Waals surface area contributed by atoms with Crippen LogP contribution in [0.25, 0.3) is 0 Å². The van der Waals surface area contributed by atoms with Crippen LogP contribution in [0.1, 0.15) is 30.9 Å². The van der Waals surface area contributed by atoms with Gasteiger partial charge in [0.2, 0.25) is 0 Å². The van der Waals surface area contributed by atoms with Gasteiger partial charge in [0.15, 0.2) is 0 Å². The molecule has 0 aliphatic rings. The normalized spacial score (nSPS) is 11.1. The van der Waals surface area contributed by atoms with Crippen LogP contribution in [0, 0.1) is 6.92 Å². The summed E-state index contributed by atoms with van der Waals surface area (Å²) in [5, 5.41) is 4.45. The van der Waals surface area contributed by atoms with E-state index in [9.17, 15) is 0 Å². The molecule has 0 aliphatic heterocycles. The Labute approximate surface area is 135 Å². The summed E-state index contributed by atoms with van der Waals surface area (Å²) in [7, 11) is 0. The number of nitrogens with one attached hydrogen (secondary N) is 1. The third-order valence-corrected chi connectivity index (χ3v) is 3.57. The highest BCUT2D eigenvalue weighted by molar-refractivity contribution is 6.35. The van der Waals surface area contributed by atoms with Gasteiger partial charge in [0.05, 0.1) is 5.02 Å². The minimum atomic E-state index is 0.337. The topological polar surface area (TPSA) is 34.4 Å². The Bertz CT molecular complexity index is 608. The van der Waals surface area contributed by atoms with E-state index in [1.54, 1.807) is 18.2 Å². The summed E-state index contributed by atoms with van der Waals surface area (Å²) in [6, 6.07) is 7.60. The fourth-order valence-corrected chi connectivity index (χ4v) is 2.35. The van der Waals surface area contributed by atoms with Gasteiger partial charge in [-0.3, -0.25) is 0 Å². The van der Waals surface area contributed by atoms with E-state index in [0.717, 1.165) is 23.6 Å². The second-order valence-corrected chi connectivity index (χ2v) is 6.04. The molecule has 0 radical (unpaired) electrons. The van der Waals surface area contributed by atoms with E-state index >= 15 is 0 Å². The van der Waals surface area contributed by atoms with Crippen LogP contribution in [-0.2, 0) is 13.2 Å². The number of ether oxygens (including phenoxy) is 1. The fourth-order valence-electron chi connectivity index (χ4n) is 1.89. The molecule has 2 aromatic rings. The van der Waals surface area contributed by atoms with Crippen molar-refractivity contribution in [2.24, 2.45) is 0 Å².